The highest BCUT2D eigenvalue weighted by molar-refractivity contribution is 7.99. The molecule has 1 heterocycles. The number of nitrogens with one attached hydrogen (secondary N) is 1. The minimum Gasteiger partial charge on any atom is -0.312 e. The molecule has 3 heteroatoms. The molecular formula is C18H18N2S. The number of rotatable bonds is 5. The fourth-order valence-corrected chi connectivity index (χ4v) is 3.50. The third kappa shape index (κ3) is 3.26. The molecule has 106 valence electrons. The largest absolute Gasteiger partial charge is 0.312 e. The molecule has 3 rings (SSSR count). The van der Waals surface area contributed by atoms with Gasteiger partial charge in [-0.3, -0.25) is 4.98 Å². The van der Waals surface area contributed by atoms with E-state index in [9.17, 15) is 0 Å². The molecule has 0 saturated heterocycles. The summed E-state index contributed by atoms with van der Waals surface area (Å²) in [7, 11) is 2.01. The molecule has 3 aromatic rings. The van der Waals surface area contributed by atoms with Crippen molar-refractivity contribution in [3.05, 3.63) is 72.6 Å². The molecule has 2 aromatic carbocycles. The summed E-state index contributed by atoms with van der Waals surface area (Å²) in [4.78, 5) is 5.68. The lowest BCUT2D eigenvalue weighted by molar-refractivity contribution is 0.664. The van der Waals surface area contributed by atoms with Crippen molar-refractivity contribution in [2.24, 2.45) is 0 Å². The summed E-state index contributed by atoms with van der Waals surface area (Å²) in [6, 6.07) is 19.2. The van der Waals surface area contributed by atoms with Gasteiger partial charge in [0, 0.05) is 34.5 Å². The molecule has 0 fully saturated rings. The van der Waals surface area contributed by atoms with Crippen LogP contribution in [-0.2, 0) is 0 Å². The predicted octanol–water partition coefficient (Wildman–Crippen LogP) is 4.29. The van der Waals surface area contributed by atoms with Crippen LogP contribution >= 0.6 is 11.8 Å². The molecule has 0 saturated carbocycles. The summed E-state index contributed by atoms with van der Waals surface area (Å²) >= 11 is 1.87. The predicted molar refractivity (Wildman–Crippen MR) is 90.7 cm³/mol. The number of hydrogen-bond donors (Lipinski definition) is 1. The fourth-order valence-electron chi connectivity index (χ4n) is 2.44. The highest BCUT2D eigenvalue weighted by atomic mass is 32.2. The van der Waals surface area contributed by atoms with Crippen LogP contribution in [-0.4, -0.2) is 17.8 Å². The number of fused-ring (bicyclic) bond motifs is 1. The Bertz CT molecular complexity index is 707. The van der Waals surface area contributed by atoms with Gasteiger partial charge in [-0.15, -0.1) is 11.8 Å². The number of hydrogen-bond acceptors (Lipinski definition) is 3. The number of pyridine rings is 1. The van der Waals surface area contributed by atoms with Gasteiger partial charge in [0.15, 0.2) is 0 Å². The van der Waals surface area contributed by atoms with Crippen molar-refractivity contribution in [3.63, 3.8) is 0 Å². The van der Waals surface area contributed by atoms with E-state index >= 15 is 0 Å². The van der Waals surface area contributed by atoms with Crippen LogP contribution in [0.25, 0.3) is 10.8 Å². The Morgan fingerprint density at radius 1 is 1.00 bits per heavy atom. The number of aromatic nitrogens is 1. The normalized spacial score (nSPS) is 12.4. The van der Waals surface area contributed by atoms with Gasteiger partial charge >= 0.3 is 0 Å². The lowest BCUT2D eigenvalue weighted by Crippen LogP contribution is -2.19. The van der Waals surface area contributed by atoms with Crippen LogP contribution in [0.3, 0.4) is 0 Å². The van der Waals surface area contributed by atoms with E-state index in [0.29, 0.717) is 0 Å². The Morgan fingerprint density at radius 2 is 1.76 bits per heavy atom. The summed E-state index contributed by atoms with van der Waals surface area (Å²) in [5.74, 6) is 0.982. The van der Waals surface area contributed by atoms with Gasteiger partial charge in [-0.05, 0) is 30.1 Å². The molecule has 0 radical (unpaired) electrons. The van der Waals surface area contributed by atoms with E-state index < -0.39 is 0 Å². The molecule has 0 amide bonds. The van der Waals surface area contributed by atoms with Crippen LogP contribution in [0.1, 0.15) is 11.6 Å². The molecule has 21 heavy (non-hydrogen) atoms. The van der Waals surface area contributed by atoms with E-state index in [0.717, 1.165) is 5.75 Å². The number of nitrogens with zero attached hydrogens (tertiary/aromatic N) is 1. The van der Waals surface area contributed by atoms with E-state index in [2.05, 4.69) is 58.8 Å². The molecule has 1 N–H and O–H groups in total. The van der Waals surface area contributed by atoms with Gasteiger partial charge in [0.05, 0.1) is 0 Å². The highest BCUT2D eigenvalue weighted by Gasteiger charge is 2.13. The van der Waals surface area contributed by atoms with Crippen molar-refractivity contribution in [2.75, 3.05) is 12.8 Å². The lowest BCUT2D eigenvalue weighted by atomic mass is 10.0. The first-order valence-electron chi connectivity index (χ1n) is 7.06. The van der Waals surface area contributed by atoms with Crippen molar-refractivity contribution in [3.8, 4) is 0 Å². The first kappa shape index (κ1) is 14.1. The molecule has 0 bridgehead atoms. The monoisotopic (exact) mass is 294 g/mol. The van der Waals surface area contributed by atoms with Crippen LogP contribution in [0.5, 0.6) is 0 Å². The van der Waals surface area contributed by atoms with Crippen LogP contribution in [0, 0.1) is 0 Å². The van der Waals surface area contributed by atoms with Gasteiger partial charge in [-0.2, -0.15) is 0 Å². The zero-order chi connectivity index (χ0) is 14.5. The maximum Gasteiger partial charge on any atom is 0.0434 e. The average Bonchev–Trinajstić information content (AvgIpc) is 2.56. The summed E-state index contributed by atoms with van der Waals surface area (Å²) < 4.78 is 0. The maximum atomic E-state index is 4.39. The molecule has 0 aliphatic rings. The highest BCUT2D eigenvalue weighted by Crippen LogP contribution is 2.28. The second-order valence-corrected chi connectivity index (χ2v) is 6.01. The van der Waals surface area contributed by atoms with Gasteiger partial charge in [0.25, 0.3) is 0 Å². The molecule has 0 aliphatic heterocycles. The van der Waals surface area contributed by atoms with Crippen LogP contribution in [0.4, 0.5) is 0 Å². The van der Waals surface area contributed by atoms with Crippen molar-refractivity contribution < 1.29 is 0 Å². The van der Waals surface area contributed by atoms with Crippen molar-refractivity contribution >= 4 is 22.5 Å². The second-order valence-electron chi connectivity index (χ2n) is 4.92. The van der Waals surface area contributed by atoms with E-state index in [1.165, 1.54) is 21.2 Å². The summed E-state index contributed by atoms with van der Waals surface area (Å²) in [6.07, 6.45) is 3.91. The number of benzene rings is 2. The first-order valence-corrected chi connectivity index (χ1v) is 8.05. The van der Waals surface area contributed by atoms with Crippen molar-refractivity contribution in [1.82, 2.24) is 10.3 Å². The topological polar surface area (TPSA) is 24.9 Å². The van der Waals surface area contributed by atoms with Gasteiger partial charge in [0.1, 0.15) is 0 Å². The van der Waals surface area contributed by atoms with E-state index in [4.69, 9.17) is 0 Å². The Hall–Kier alpha value is -1.84. The molecule has 0 aliphatic carbocycles. The summed E-state index contributed by atoms with van der Waals surface area (Å²) in [6.45, 7) is 0. The smallest absolute Gasteiger partial charge is 0.0434 e. The molecule has 1 atom stereocenters. The van der Waals surface area contributed by atoms with E-state index in [1.54, 1.807) is 0 Å². The Labute approximate surface area is 129 Å². The molecule has 1 unspecified atom stereocenters. The Morgan fingerprint density at radius 3 is 2.57 bits per heavy atom. The second kappa shape index (κ2) is 6.74. The average molecular weight is 294 g/mol. The summed E-state index contributed by atoms with van der Waals surface area (Å²) in [5.41, 5.74) is 1.26. The van der Waals surface area contributed by atoms with E-state index in [-0.39, 0.29) is 6.04 Å². The third-order valence-electron chi connectivity index (χ3n) is 3.58. The standard InChI is InChI=1S/C18H18N2S/c1-19-18(13-21-15-8-3-2-4-9-15)17-12-20-11-14-7-5-6-10-16(14)17/h2-12,18-19H,13H2,1H3. The zero-order valence-electron chi connectivity index (χ0n) is 12.0. The van der Waals surface area contributed by atoms with E-state index in [1.807, 2.05) is 37.3 Å². The molecule has 2 nitrogen and oxygen atoms in total. The fraction of sp³-hybridized carbons (Fsp3) is 0.167. The first-order chi connectivity index (χ1) is 10.4. The van der Waals surface area contributed by atoms with Gasteiger partial charge < -0.3 is 5.32 Å². The van der Waals surface area contributed by atoms with Gasteiger partial charge in [0.2, 0.25) is 0 Å². The Balaban J connectivity index is 1.85. The third-order valence-corrected chi connectivity index (χ3v) is 4.69. The molecular weight excluding hydrogens is 276 g/mol. The van der Waals surface area contributed by atoms with Crippen LogP contribution in [0.2, 0.25) is 0 Å². The number of thioether (sulfide) groups is 1. The molecule has 0 spiro atoms. The Kier molecular flexibility index (Phi) is 4.53. The molecule has 1 aromatic heterocycles. The summed E-state index contributed by atoms with van der Waals surface area (Å²) in [5, 5.41) is 5.89. The van der Waals surface area contributed by atoms with Crippen LogP contribution in [0.15, 0.2) is 71.9 Å². The van der Waals surface area contributed by atoms with Gasteiger partial charge in [-0.25, -0.2) is 0 Å². The minimum atomic E-state index is 0.286. The van der Waals surface area contributed by atoms with Gasteiger partial charge in [-0.1, -0.05) is 42.5 Å². The zero-order valence-corrected chi connectivity index (χ0v) is 12.8. The quantitative estimate of drug-likeness (QED) is 0.711. The minimum absolute atomic E-state index is 0.286. The lowest BCUT2D eigenvalue weighted by Gasteiger charge is -2.18. The SMILES string of the molecule is CNC(CSc1ccccc1)c1cncc2ccccc12. The maximum absolute atomic E-state index is 4.39. The van der Waals surface area contributed by atoms with Crippen molar-refractivity contribution in [2.45, 2.75) is 10.9 Å². The van der Waals surface area contributed by atoms with Crippen LogP contribution < -0.4 is 5.32 Å². The van der Waals surface area contributed by atoms with Crippen molar-refractivity contribution in [1.29, 1.82) is 0 Å².